The lowest BCUT2D eigenvalue weighted by atomic mass is 9.97. The van der Waals surface area contributed by atoms with Crippen molar-refractivity contribution in [1.29, 1.82) is 0 Å². The summed E-state index contributed by atoms with van der Waals surface area (Å²) in [5.74, 6) is -0.833. The smallest absolute Gasteiger partial charge is 0.356 e. The molecule has 1 unspecified atom stereocenters. The van der Waals surface area contributed by atoms with Crippen LogP contribution in [-0.4, -0.2) is 48.8 Å². The number of hydrogen-bond donors (Lipinski definition) is 1. The second-order valence-corrected chi connectivity index (χ2v) is 7.61. The standard InChI is InChI=1S/C20H24F3N3O3/c1-13(27)24-11-14-4-2-6-25(12-14)19(29)15-8-16(20(21,22)23)10-17(9-15)26-7-3-5-18(26)28/h8-10,14H,2-7,11-12H2,1H3,(H,24,27). The molecule has 0 bridgehead atoms. The van der Waals surface area contributed by atoms with Gasteiger partial charge in [-0.2, -0.15) is 13.2 Å². The maximum atomic E-state index is 13.4. The Hall–Kier alpha value is -2.58. The second-order valence-electron chi connectivity index (χ2n) is 7.61. The van der Waals surface area contributed by atoms with Crippen LogP contribution in [0.15, 0.2) is 18.2 Å². The van der Waals surface area contributed by atoms with Crippen molar-refractivity contribution in [2.45, 2.75) is 38.8 Å². The number of benzene rings is 1. The maximum absolute atomic E-state index is 13.4. The molecule has 0 aromatic heterocycles. The van der Waals surface area contributed by atoms with Crippen LogP contribution in [0.4, 0.5) is 18.9 Å². The van der Waals surface area contributed by atoms with Gasteiger partial charge in [-0.25, -0.2) is 0 Å². The Morgan fingerprint density at radius 1 is 1.17 bits per heavy atom. The van der Waals surface area contributed by atoms with Gasteiger partial charge in [0.05, 0.1) is 5.56 Å². The lowest BCUT2D eigenvalue weighted by Gasteiger charge is -2.33. The molecule has 1 aromatic carbocycles. The molecule has 2 heterocycles. The van der Waals surface area contributed by atoms with Gasteiger partial charge in [-0.1, -0.05) is 0 Å². The number of carbonyl (C=O) groups is 3. The highest BCUT2D eigenvalue weighted by Crippen LogP contribution is 2.34. The summed E-state index contributed by atoms with van der Waals surface area (Å²) in [4.78, 5) is 38.9. The van der Waals surface area contributed by atoms with E-state index in [0.29, 0.717) is 39.0 Å². The van der Waals surface area contributed by atoms with Gasteiger partial charge in [0, 0.05) is 50.8 Å². The fraction of sp³-hybridized carbons (Fsp3) is 0.550. The summed E-state index contributed by atoms with van der Waals surface area (Å²) in [6, 6.07) is 3.15. The highest BCUT2D eigenvalue weighted by Gasteiger charge is 2.34. The van der Waals surface area contributed by atoms with Crippen LogP contribution in [0.25, 0.3) is 0 Å². The molecule has 9 heteroatoms. The Morgan fingerprint density at radius 3 is 2.55 bits per heavy atom. The predicted octanol–water partition coefficient (Wildman–Crippen LogP) is 2.82. The number of hydrogen-bond acceptors (Lipinski definition) is 3. The summed E-state index contributed by atoms with van der Waals surface area (Å²) in [6.45, 7) is 3.00. The van der Waals surface area contributed by atoms with E-state index in [0.717, 1.165) is 18.6 Å². The Labute approximate surface area is 167 Å². The lowest BCUT2D eigenvalue weighted by molar-refractivity contribution is -0.137. The van der Waals surface area contributed by atoms with Crippen LogP contribution in [0.3, 0.4) is 0 Å². The van der Waals surface area contributed by atoms with E-state index in [2.05, 4.69) is 5.32 Å². The first-order chi connectivity index (χ1) is 13.6. The number of nitrogens with one attached hydrogen (secondary N) is 1. The number of amides is 3. The van der Waals surface area contributed by atoms with Crippen molar-refractivity contribution >= 4 is 23.4 Å². The Bertz CT molecular complexity index is 810. The molecule has 0 aliphatic carbocycles. The molecule has 1 N–H and O–H groups in total. The zero-order chi connectivity index (χ0) is 21.2. The van der Waals surface area contributed by atoms with Crippen molar-refractivity contribution in [3.63, 3.8) is 0 Å². The maximum Gasteiger partial charge on any atom is 0.416 e. The van der Waals surface area contributed by atoms with Gasteiger partial charge >= 0.3 is 6.18 Å². The van der Waals surface area contributed by atoms with Gasteiger partial charge in [-0.15, -0.1) is 0 Å². The number of rotatable bonds is 4. The summed E-state index contributed by atoms with van der Waals surface area (Å²) in [5, 5.41) is 2.72. The summed E-state index contributed by atoms with van der Waals surface area (Å²) < 4.78 is 40.2. The molecular weight excluding hydrogens is 387 g/mol. The third-order valence-electron chi connectivity index (χ3n) is 5.32. The number of carbonyl (C=O) groups excluding carboxylic acids is 3. The largest absolute Gasteiger partial charge is 0.416 e. The molecule has 1 atom stereocenters. The van der Waals surface area contributed by atoms with Crippen LogP contribution >= 0.6 is 0 Å². The van der Waals surface area contributed by atoms with Crippen molar-refractivity contribution in [2.75, 3.05) is 31.1 Å². The van der Waals surface area contributed by atoms with Crippen molar-refractivity contribution in [2.24, 2.45) is 5.92 Å². The summed E-state index contributed by atoms with van der Waals surface area (Å²) in [5.41, 5.74) is -0.906. The van der Waals surface area contributed by atoms with Crippen LogP contribution in [0.1, 0.15) is 48.5 Å². The number of likely N-dealkylation sites (tertiary alicyclic amines) is 1. The van der Waals surface area contributed by atoms with Crippen LogP contribution in [-0.2, 0) is 15.8 Å². The van der Waals surface area contributed by atoms with Crippen molar-refractivity contribution in [1.82, 2.24) is 10.2 Å². The van der Waals surface area contributed by atoms with E-state index < -0.39 is 17.6 Å². The first-order valence-electron chi connectivity index (χ1n) is 9.71. The number of anilines is 1. The molecule has 0 spiro atoms. The zero-order valence-electron chi connectivity index (χ0n) is 16.2. The van der Waals surface area contributed by atoms with Gasteiger partial charge in [-0.3, -0.25) is 14.4 Å². The summed E-state index contributed by atoms with van der Waals surface area (Å²) in [6.07, 6.45) is -2.21. The molecule has 1 aromatic rings. The van der Waals surface area contributed by atoms with Gasteiger partial charge in [0.1, 0.15) is 0 Å². The minimum atomic E-state index is -4.62. The number of piperidine rings is 1. The van der Waals surface area contributed by atoms with Crippen molar-refractivity contribution < 1.29 is 27.6 Å². The molecule has 3 rings (SSSR count). The van der Waals surface area contributed by atoms with E-state index in [9.17, 15) is 27.6 Å². The fourth-order valence-corrected chi connectivity index (χ4v) is 3.86. The lowest BCUT2D eigenvalue weighted by Crippen LogP contribution is -2.43. The Kier molecular flexibility index (Phi) is 6.14. The molecule has 29 heavy (non-hydrogen) atoms. The molecule has 2 saturated heterocycles. The van der Waals surface area contributed by atoms with Gasteiger partial charge in [-0.05, 0) is 43.4 Å². The third-order valence-corrected chi connectivity index (χ3v) is 5.32. The molecule has 0 saturated carbocycles. The van der Waals surface area contributed by atoms with Crippen LogP contribution in [0, 0.1) is 5.92 Å². The van der Waals surface area contributed by atoms with E-state index in [4.69, 9.17) is 0 Å². The Morgan fingerprint density at radius 2 is 1.93 bits per heavy atom. The van der Waals surface area contributed by atoms with Crippen LogP contribution < -0.4 is 10.2 Å². The summed E-state index contributed by atoms with van der Waals surface area (Å²) >= 11 is 0. The topological polar surface area (TPSA) is 69.7 Å². The normalized spacial score (nSPS) is 20.1. The fourth-order valence-electron chi connectivity index (χ4n) is 3.86. The van der Waals surface area contributed by atoms with E-state index in [1.807, 2.05) is 0 Å². The molecule has 2 fully saturated rings. The molecule has 6 nitrogen and oxygen atoms in total. The van der Waals surface area contributed by atoms with Gasteiger partial charge in [0.15, 0.2) is 0 Å². The zero-order valence-corrected chi connectivity index (χ0v) is 16.2. The monoisotopic (exact) mass is 411 g/mol. The average Bonchev–Trinajstić information content (AvgIpc) is 3.11. The molecule has 158 valence electrons. The van der Waals surface area contributed by atoms with E-state index >= 15 is 0 Å². The number of halogens is 3. The highest BCUT2D eigenvalue weighted by atomic mass is 19.4. The SMILES string of the molecule is CC(=O)NCC1CCCN(C(=O)c2cc(N3CCCC3=O)cc(C(F)(F)F)c2)C1. The van der Waals surface area contributed by atoms with E-state index in [1.54, 1.807) is 0 Å². The van der Waals surface area contributed by atoms with Crippen molar-refractivity contribution in [3.8, 4) is 0 Å². The summed E-state index contributed by atoms with van der Waals surface area (Å²) in [7, 11) is 0. The Balaban J connectivity index is 1.85. The predicted molar refractivity (Wildman–Crippen MR) is 100 cm³/mol. The highest BCUT2D eigenvalue weighted by molar-refractivity contribution is 5.99. The van der Waals surface area contributed by atoms with Crippen LogP contribution in [0.2, 0.25) is 0 Å². The first kappa shape index (κ1) is 21.1. The molecular formula is C20H24F3N3O3. The minimum Gasteiger partial charge on any atom is -0.356 e. The number of alkyl halides is 3. The van der Waals surface area contributed by atoms with E-state index in [-0.39, 0.29) is 35.4 Å². The molecule has 0 radical (unpaired) electrons. The molecule has 2 aliphatic rings. The quantitative estimate of drug-likeness (QED) is 0.829. The van der Waals surface area contributed by atoms with Crippen molar-refractivity contribution in [3.05, 3.63) is 29.3 Å². The molecule has 2 aliphatic heterocycles. The van der Waals surface area contributed by atoms with Crippen LogP contribution in [0.5, 0.6) is 0 Å². The molecule has 3 amide bonds. The first-order valence-corrected chi connectivity index (χ1v) is 9.71. The third kappa shape index (κ3) is 5.07. The minimum absolute atomic E-state index is 0.0574. The van der Waals surface area contributed by atoms with E-state index in [1.165, 1.54) is 22.8 Å². The van der Waals surface area contributed by atoms with Gasteiger partial charge in [0.2, 0.25) is 11.8 Å². The number of nitrogens with zero attached hydrogens (tertiary/aromatic N) is 2. The average molecular weight is 411 g/mol. The van der Waals surface area contributed by atoms with Gasteiger partial charge < -0.3 is 15.1 Å². The van der Waals surface area contributed by atoms with Gasteiger partial charge in [0.25, 0.3) is 5.91 Å². The second kappa shape index (κ2) is 8.42.